The highest BCUT2D eigenvalue weighted by molar-refractivity contribution is 7.66. The summed E-state index contributed by atoms with van der Waals surface area (Å²) < 4.78 is 49.4. The smallest absolute Gasteiger partial charge is 0.386 e. The average molecular weight is 404 g/mol. The second kappa shape index (κ2) is 6.53. The normalized spacial score (nSPS) is 38.4. The summed E-state index contributed by atoms with van der Waals surface area (Å²) in [4.78, 5) is 33.6. The van der Waals surface area contributed by atoms with Crippen LogP contribution in [0.25, 0.3) is 0 Å². The van der Waals surface area contributed by atoms with Gasteiger partial charge in [0.1, 0.15) is 14.0 Å². The fourth-order valence-corrected chi connectivity index (χ4v) is 4.67. The van der Waals surface area contributed by atoms with E-state index in [1.165, 1.54) is 14.8 Å². The maximum Gasteiger partial charge on any atom is 0.490 e. The topological polar surface area (TPSA) is 189 Å². The molecular formula is C5H13BClO12P3. The Kier molecular flexibility index (Phi) is 6.16. The summed E-state index contributed by atoms with van der Waals surface area (Å²) in [6.07, 6.45) is -3.39. The van der Waals surface area contributed by atoms with E-state index in [9.17, 15) is 23.7 Å². The van der Waals surface area contributed by atoms with E-state index >= 15 is 0 Å². The number of ether oxygens (including phenoxy) is 1. The van der Waals surface area contributed by atoms with Gasteiger partial charge in [0.2, 0.25) is 0 Å². The number of hydrogen-bond acceptors (Lipinski definition) is 8. The van der Waals surface area contributed by atoms with Crippen LogP contribution in [0.1, 0.15) is 6.92 Å². The Balaban J connectivity index is 2.79. The number of alkyl halides is 1. The molecule has 1 aliphatic heterocycles. The van der Waals surface area contributed by atoms with Crippen molar-refractivity contribution in [1.29, 1.82) is 0 Å². The van der Waals surface area contributed by atoms with Crippen molar-refractivity contribution in [3.05, 3.63) is 0 Å². The largest absolute Gasteiger partial charge is 0.490 e. The summed E-state index contributed by atoms with van der Waals surface area (Å²) in [5, 5.41) is 9.78. The number of aliphatic hydroxyl groups excluding tert-OH is 1. The highest BCUT2D eigenvalue weighted by atomic mass is 35.5. The van der Waals surface area contributed by atoms with Gasteiger partial charge in [-0.3, -0.25) is 4.52 Å². The van der Waals surface area contributed by atoms with Crippen LogP contribution >= 0.6 is 35.1 Å². The van der Waals surface area contributed by atoms with Gasteiger partial charge >= 0.3 is 23.5 Å². The van der Waals surface area contributed by atoms with Gasteiger partial charge < -0.3 is 29.4 Å². The van der Waals surface area contributed by atoms with Crippen LogP contribution in [0.5, 0.6) is 0 Å². The van der Waals surface area contributed by atoms with Crippen LogP contribution in [0.4, 0.5) is 0 Å². The van der Waals surface area contributed by atoms with E-state index in [1.807, 2.05) is 0 Å². The van der Waals surface area contributed by atoms with E-state index in [-0.39, 0.29) is 0 Å². The Hall–Kier alpha value is 0.685. The molecule has 0 radical (unpaired) electrons. The van der Waals surface area contributed by atoms with Crippen LogP contribution in [0.15, 0.2) is 0 Å². The monoisotopic (exact) mass is 404 g/mol. The summed E-state index contributed by atoms with van der Waals surface area (Å²) in [5.74, 6) is 0. The lowest BCUT2D eigenvalue weighted by Crippen LogP contribution is -2.40. The molecule has 0 bridgehead atoms. The second-order valence-electron chi connectivity index (χ2n) is 4.44. The Morgan fingerprint density at radius 3 is 2.00 bits per heavy atom. The maximum atomic E-state index is 11.5. The molecule has 17 heteroatoms. The standard InChI is InChI=1S/C5H13BClO12P3/c1-5(7)2(8)3(16-4(5)6)17-21(12,13)19-22(14,15)18-20(9,10)11/h2-4,8H,6H2,1H3,(H,12,13)(H,14,15)(H2,9,10,11)/t2-,3?,4-,5-/m1/s1. The first-order valence-electron chi connectivity index (χ1n) is 5.40. The van der Waals surface area contributed by atoms with Gasteiger partial charge in [-0.1, -0.05) is 0 Å². The minimum Gasteiger partial charge on any atom is -0.386 e. The van der Waals surface area contributed by atoms with Crippen molar-refractivity contribution >= 4 is 42.9 Å². The lowest BCUT2D eigenvalue weighted by molar-refractivity contribution is -0.107. The Morgan fingerprint density at radius 1 is 1.14 bits per heavy atom. The lowest BCUT2D eigenvalue weighted by atomic mass is 9.86. The molecule has 0 saturated carbocycles. The van der Waals surface area contributed by atoms with E-state index in [2.05, 4.69) is 13.1 Å². The van der Waals surface area contributed by atoms with Crippen molar-refractivity contribution < 1.29 is 56.3 Å². The number of halogens is 1. The van der Waals surface area contributed by atoms with Gasteiger partial charge in [-0.2, -0.15) is 8.62 Å². The van der Waals surface area contributed by atoms with Gasteiger partial charge in [0.15, 0.2) is 6.29 Å². The zero-order valence-corrected chi connectivity index (χ0v) is 14.5. The first-order chi connectivity index (χ1) is 9.56. The summed E-state index contributed by atoms with van der Waals surface area (Å²) >= 11 is 5.91. The summed E-state index contributed by atoms with van der Waals surface area (Å²) in [6.45, 7) is 1.35. The molecule has 1 aliphatic rings. The van der Waals surface area contributed by atoms with Crippen molar-refractivity contribution in [2.45, 2.75) is 30.2 Å². The van der Waals surface area contributed by atoms with Crippen LogP contribution in [0.2, 0.25) is 0 Å². The van der Waals surface area contributed by atoms with E-state index in [1.54, 1.807) is 0 Å². The summed E-state index contributed by atoms with van der Waals surface area (Å²) in [6, 6.07) is -0.818. The third-order valence-electron chi connectivity index (χ3n) is 2.62. The van der Waals surface area contributed by atoms with Gasteiger partial charge in [0, 0.05) is 6.00 Å². The van der Waals surface area contributed by atoms with Crippen molar-refractivity contribution in [3.8, 4) is 0 Å². The van der Waals surface area contributed by atoms with E-state index < -0.39 is 46.7 Å². The van der Waals surface area contributed by atoms with Crippen molar-refractivity contribution in [2.24, 2.45) is 0 Å². The first kappa shape index (κ1) is 20.7. The number of phosphoric ester groups is 1. The van der Waals surface area contributed by atoms with Gasteiger partial charge in [-0.05, 0) is 6.92 Å². The molecule has 0 aromatic heterocycles. The molecule has 5 N–H and O–H groups in total. The van der Waals surface area contributed by atoms with E-state index in [0.717, 1.165) is 0 Å². The molecule has 130 valence electrons. The van der Waals surface area contributed by atoms with Gasteiger partial charge in [-0.15, -0.1) is 11.6 Å². The summed E-state index contributed by atoms with van der Waals surface area (Å²) in [5.41, 5.74) is 0. The molecule has 0 aromatic carbocycles. The van der Waals surface area contributed by atoms with E-state index in [0.29, 0.717) is 0 Å². The minimum atomic E-state index is -5.63. The Bertz CT molecular complexity index is 561. The van der Waals surface area contributed by atoms with Crippen molar-refractivity contribution in [1.82, 2.24) is 0 Å². The molecule has 0 aromatic rings. The minimum absolute atomic E-state index is 0.818. The molecule has 6 atom stereocenters. The van der Waals surface area contributed by atoms with Crippen LogP contribution in [-0.4, -0.2) is 55.8 Å². The van der Waals surface area contributed by atoms with Crippen LogP contribution in [0, 0.1) is 0 Å². The SMILES string of the molecule is B[C@@H]1OC(OP(=O)(O)OP(=O)(O)OP(=O)(O)O)[C@@H](O)[C@@]1(C)Cl. The molecule has 1 fully saturated rings. The van der Waals surface area contributed by atoms with Crippen LogP contribution in [-0.2, 0) is 31.6 Å². The van der Waals surface area contributed by atoms with Crippen molar-refractivity contribution in [2.75, 3.05) is 0 Å². The highest BCUT2D eigenvalue weighted by Gasteiger charge is 2.53. The van der Waals surface area contributed by atoms with Gasteiger partial charge in [0.05, 0.1) is 4.87 Å². The third-order valence-corrected chi connectivity index (χ3v) is 6.95. The lowest BCUT2D eigenvalue weighted by Gasteiger charge is -2.23. The molecule has 12 nitrogen and oxygen atoms in total. The molecule has 0 spiro atoms. The van der Waals surface area contributed by atoms with Gasteiger partial charge in [0.25, 0.3) is 0 Å². The number of phosphoric acid groups is 3. The second-order valence-corrected chi connectivity index (χ2v) is 9.63. The summed E-state index contributed by atoms with van der Waals surface area (Å²) in [7, 11) is -15.1. The zero-order chi connectivity index (χ0) is 17.6. The fourth-order valence-electron chi connectivity index (χ4n) is 1.43. The Labute approximate surface area is 130 Å². The molecule has 1 heterocycles. The molecule has 3 unspecified atom stereocenters. The van der Waals surface area contributed by atoms with Gasteiger partial charge in [-0.25, -0.2) is 13.7 Å². The zero-order valence-electron chi connectivity index (χ0n) is 11.0. The molecule has 1 rings (SSSR count). The third kappa shape index (κ3) is 5.64. The molecule has 22 heavy (non-hydrogen) atoms. The number of hydrogen-bond donors (Lipinski definition) is 5. The average Bonchev–Trinajstić information content (AvgIpc) is 2.36. The highest BCUT2D eigenvalue weighted by Crippen LogP contribution is 2.67. The predicted molar refractivity (Wildman–Crippen MR) is 72.4 cm³/mol. The molecule has 1 saturated heterocycles. The molecule has 0 aliphatic carbocycles. The Morgan fingerprint density at radius 2 is 1.64 bits per heavy atom. The fraction of sp³-hybridized carbons (Fsp3) is 1.00. The molecule has 0 amide bonds. The quantitative estimate of drug-likeness (QED) is 0.207. The predicted octanol–water partition coefficient (Wildman–Crippen LogP) is -0.996. The first-order valence-corrected chi connectivity index (χ1v) is 10.3. The van der Waals surface area contributed by atoms with E-state index in [4.69, 9.17) is 31.0 Å². The molecular weight excluding hydrogens is 391 g/mol. The van der Waals surface area contributed by atoms with Crippen LogP contribution in [0.3, 0.4) is 0 Å². The van der Waals surface area contributed by atoms with Crippen LogP contribution < -0.4 is 0 Å². The maximum absolute atomic E-state index is 11.5. The number of aliphatic hydroxyl groups is 1. The number of rotatable bonds is 6. The van der Waals surface area contributed by atoms with Crippen molar-refractivity contribution in [3.63, 3.8) is 0 Å².